The summed E-state index contributed by atoms with van der Waals surface area (Å²) in [6, 6.07) is 4.49. The van der Waals surface area contributed by atoms with Gasteiger partial charge in [0, 0.05) is 30.7 Å². The molecule has 1 atom stereocenters. The fourth-order valence-corrected chi connectivity index (χ4v) is 2.40. The van der Waals surface area contributed by atoms with E-state index in [4.69, 9.17) is 16.3 Å². The monoisotopic (exact) mass is 299 g/mol. The van der Waals surface area contributed by atoms with Gasteiger partial charge in [-0.2, -0.15) is 0 Å². The zero-order valence-electron chi connectivity index (χ0n) is 11.3. The van der Waals surface area contributed by atoms with Gasteiger partial charge in [0.15, 0.2) is 0 Å². The summed E-state index contributed by atoms with van der Waals surface area (Å²) in [6.45, 7) is 6.08. The van der Waals surface area contributed by atoms with Crippen molar-refractivity contribution in [2.75, 3.05) is 38.1 Å². The summed E-state index contributed by atoms with van der Waals surface area (Å²) in [5.41, 5.74) is 0.456. The molecule has 110 valence electrons. The van der Waals surface area contributed by atoms with Gasteiger partial charge in [0.25, 0.3) is 5.69 Å². The molecule has 0 bridgehead atoms. The second-order valence-electron chi connectivity index (χ2n) is 4.69. The van der Waals surface area contributed by atoms with Crippen molar-refractivity contribution >= 4 is 23.0 Å². The highest BCUT2D eigenvalue weighted by atomic mass is 35.5. The Hall–Kier alpha value is -1.37. The van der Waals surface area contributed by atoms with Crippen molar-refractivity contribution < 1.29 is 9.66 Å². The fraction of sp³-hybridized carbons (Fsp3) is 0.538. The van der Waals surface area contributed by atoms with Crippen LogP contribution in [0.4, 0.5) is 11.4 Å². The summed E-state index contributed by atoms with van der Waals surface area (Å²) in [4.78, 5) is 12.8. The maximum atomic E-state index is 11.0. The summed E-state index contributed by atoms with van der Waals surface area (Å²) in [6.07, 6.45) is 0.0299. The molecule has 1 aliphatic heterocycles. The van der Waals surface area contributed by atoms with Crippen molar-refractivity contribution in [3.63, 3.8) is 0 Å². The summed E-state index contributed by atoms with van der Waals surface area (Å²) >= 11 is 5.89. The van der Waals surface area contributed by atoms with Crippen molar-refractivity contribution in [3.8, 4) is 0 Å². The number of ether oxygens (including phenoxy) is 1. The smallest absolute Gasteiger partial charge is 0.292 e. The van der Waals surface area contributed by atoms with E-state index in [0.717, 1.165) is 19.6 Å². The Morgan fingerprint density at radius 1 is 1.60 bits per heavy atom. The minimum atomic E-state index is -0.418. The van der Waals surface area contributed by atoms with Gasteiger partial charge >= 0.3 is 0 Å². The molecule has 0 amide bonds. The van der Waals surface area contributed by atoms with Crippen LogP contribution in [-0.2, 0) is 4.74 Å². The maximum Gasteiger partial charge on any atom is 0.292 e. The second-order valence-corrected chi connectivity index (χ2v) is 5.12. The Kier molecular flexibility index (Phi) is 5.17. The first kappa shape index (κ1) is 15.0. The van der Waals surface area contributed by atoms with Gasteiger partial charge in [-0.1, -0.05) is 18.5 Å². The van der Waals surface area contributed by atoms with Gasteiger partial charge in [0.1, 0.15) is 5.69 Å². The van der Waals surface area contributed by atoms with Crippen LogP contribution in [-0.4, -0.2) is 48.7 Å². The normalized spacial score (nSPS) is 19.8. The van der Waals surface area contributed by atoms with Gasteiger partial charge < -0.3 is 10.1 Å². The quantitative estimate of drug-likeness (QED) is 0.668. The number of rotatable bonds is 5. The first-order valence-electron chi connectivity index (χ1n) is 6.62. The van der Waals surface area contributed by atoms with Crippen molar-refractivity contribution in [2.45, 2.75) is 13.0 Å². The van der Waals surface area contributed by atoms with Gasteiger partial charge in [-0.3, -0.25) is 15.0 Å². The summed E-state index contributed by atoms with van der Waals surface area (Å²) < 4.78 is 5.66. The van der Waals surface area contributed by atoms with E-state index >= 15 is 0 Å². The predicted molar refractivity (Wildman–Crippen MR) is 78.5 cm³/mol. The molecule has 6 nitrogen and oxygen atoms in total. The lowest BCUT2D eigenvalue weighted by Crippen LogP contribution is -2.45. The average Bonchev–Trinajstić information content (AvgIpc) is 2.45. The molecule has 1 unspecified atom stereocenters. The highest BCUT2D eigenvalue weighted by Gasteiger charge is 2.20. The number of likely N-dealkylation sites (N-methyl/N-ethyl adjacent to an activating group) is 1. The molecule has 0 radical (unpaired) electrons. The zero-order chi connectivity index (χ0) is 14.5. The number of nitro groups is 1. The van der Waals surface area contributed by atoms with Crippen LogP contribution in [0.2, 0.25) is 5.02 Å². The van der Waals surface area contributed by atoms with Crippen LogP contribution in [0.5, 0.6) is 0 Å². The second kappa shape index (κ2) is 6.88. The van der Waals surface area contributed by atoms with Gasteiger partial charge in [0.2, 0.25) is 0 Å². The molecule has 20 heavy (non-hydrogen) atoms. The van der Waals surface area contributed by atoms with Crippen LogP contribution in [0.1, 0.15) is 6.92 Å². The molecular weight excluding hydrogens is 282 g/mol. The Morgan fingerprint density at radius 3 is 3.10 bits per heavy atom. The predicted octanol–water partition coefficient (Wildman–Crippen LogP) is 2.38. The molecule has 2 rings (SSSR count). The lowest BCUT2D eigenvalue weighted by atomic mass is 10.2. The average molecular weight is 300 g/mol. The molecule has 1 saturated heterocycles. The zero-order valence-corrected chi connectivity index (χ0v) is 12.1. The van der Waals surface area contributed by atoms with E-state index in [0.29, 0.717) is 23.9 Å². The van der Waals surface area contributed by atoms with Crippen LogP contribution in [0.25, 0.3) is 0 Å². The number of nitrogens with zero attached hydrogens (tertiary/aromatic N) is 2. The van der Waals surface area contributed by atoms with Gasteiger partial charge in [-0.15, -0.1) is 0 Å². The number of anilines is 1. The third-order valence-corrected chi connectivity index (χ3v) is 3.58. The molecule has 0 saturated carbocycles. The number of nitrogens with one attached hydrogen (secondary N) is 1. The molecular formula is C13H18ClN3O3. The van der Waals surface area contributed by atoms with Crippen LogP contribution < -0.4 is 5.32 Å². The molecule has 1 aliphatic rings. The molecule has 0 aliphatic carbocycles. The number of morpholine rings is 1. The number of halogens is 1. The standard InChI is InChI=1S/C13H18ClN3O3/c1-2-16-5-6-20-11(9-16)8-15-12-7-10(14)3-4-13(12)17(18)19/h3-4,7,11,15H,2,5-6,8-9H2,1H3. The fourth-order valence-electron chi connectivity index (χ4n) is 2.22. The molecule has 1 aromatic carbocycles. The summed E-state index contributed by atoms with van der Waals surface area (Å²) in [5.74, 6) is 0. The maximum absolute atomic E-state index is 11.0. The lowest BCUT2D eigenvalue weighted by molar-refractivity contribution is -0.384. The van der Waals surface area contributed by atoms with Crippen LogP contribution in [0, 0.1) is 10.1 Å². The topological polar surface area (TPSA) is 67.6 Å². The van der Waals surface area contributed by atoms with Crippen LogP contribution >= 0.6 is 11.6 Å². The molecule has 1 fully saturated rings. The van der Waals surface area contributed by atoms with E-state index in [1.165, 1.54) is 12.1 Å². The Bertz CT molecular complexity index is 484. The highest BCUT2D eigenvalue weighted by Crippen LogP contribution is 2.27. The van der Waals surface area contributed by atoms with Crippen LogP contribution in [0.3, 0.4) is 0 Å². The number of benzene rings is 1. The van der Waals surface area contributed by atoms with E-state index < -0.39 is 4.92 Å². The third kappa shape index (κ3) is 3.82. The van der Waals surface area contributed by atoms with Crippen LogP contribution in [0.15, 0.2) is 18.2 Å². The molecule has 1 heterocycles. The van der Waals surface area contributed by atoms with Crippen molar-refractivity contribution in [2.24, 2.45) is 0 Å². The van der Waals surface area contributed by atoms with E-state index in [1.54, 1.807) is 6.07 Å². The van der Waals surface area contributed by atoms with Gasteiger partial charge in [-0.05, 0) is 18.7 Å². The summed E-state index contributed by atoms with van der Waals surface area (Å²) in [7, 11) is 0. The Labute approximate surface area is 122 Å². The Morgan fingerprint density at radius 2 is 2.40 bits per heavy atom. The minimum absolute atomic E-state index is 0.0255. The first-order chi connectivity index (χ1) is 9.60. The van der Waals surface area contributed by atoms with Gasteiger partial charge in [0.05, 0.1) is 17.6 Å². The number of hydrogen-bond donors (Lipinski definition) is 1. The Balaban J connectivity index is 1.99. The van der Waals surface area contributed by atoms with E-state index in [1.807, 2.05) is 0 Å². The van der Waals surface area contributed by atoms with Gasteiger partial charge in [-0.25, -0.2) is 0 Å². The lowest BCUT2D eigenvalue weighted by Gasteiger charge is -2.32. The van der Waals surface area contributed by atoms with E-state index in [2.05, 4.69) is 17.1 Å². The molecule has 0 spiro atoms. The molecule has 1 aromatic rings. The minimum Gasteiger partial charge on any atom is -0.377 e. The SMILES string of the molecule is CCN1CCOC(CNc2cc(Cl)ccc2[N+](=O)[O-])C1. The molecule has 1 N–H and O–H groups in total. The van der Waals surface area contributed by atoms with E-state index in [-0.39, 0.29) is 11.8 Å². The molecule has 7 heteroatoms. The van der Waals surface area contributed by atoms with Crippen molar-refractivity contribution in [3.05, 3.63) is 33.3 Å². The number of nitro benzene ring substituents is 1. The largest absolute Gasteiger partial charge is 0.377 e. The third-order valence-electron chi connectivity index (χ3n) is 3.35. The molecule has 0 aromatic heterocycles. The van der Waals surface area contributed by atoms with Crippen molar-refractivity contribution in [1.82, 2.24) is 4.90 Å². The highest BCUT2D eigenvalue weighted by molar-refractivity contribution is 6.31. The number of hydrogen-bond acceptors (Lipinski definition) is 5. The summed E-state index contributed by atoms with van der Waals surface area (Å²) in [5, 5.41) is 14.5. The van der Waals surface area contributed by atoms with E-state index in [9.17, 15) is 10.1 Å². The first-order valence-corrected chi connectivity index (χ1v) is 6.99. The van der Waals surface area contributed by atoms with Crippen molar-refractivity contribution in [1.29, 1.82) is 0 Å².